The Bertz CT molecular complexity index is 574. The molecular weight excluding hydrogens is 267 g/mol. The molecule has 0 atom stereocenters. The molecule has 0 aliphatic heterocycles. The standard InChI is InChI=1S/C12H13FN4OS/c1-18-8-4-2-3-7(11(8)13)6-19-12-16-9(14)5-10(15)17-12/h2-5H,6H2,1H3,(H4,14,15,16,17). The van der Waals surface area contributed by atoms with Crippen LogP contribution in [0.3, 0.4) is 0 Å². The number of aromatic nitrogens is 2. The van der Waals surface area contributed by atoms with E-state index in [4.69, 9.17) is 16.2 Å². The van der Waals surface area contributed by atoms with Gasteiger partial charge in [-0.2, -0.15) is 0 Å². The average molecular weight is 280 g/mol. The minimum Gasteiger partial charge on any atom is -0.494 e. The monoisotopic (exact) mass is 280 g/mol. The Kier molecular flexibility index (Phi) is 4.06. The summed E-state index contributed by atoms with van der Waals surface area (Å²) in [6, 6.07) is 6.45. The number of ether oxygens (including phenoxy) is 1. The molecule has 5 nitrogen and oxygen atoms in total. The lowest BCUT2D eigenvalue weighted by atomic mass is 10.2. The largest absolute Gasteiger partial charge is 0.494 e. The van der Waals surface area contributed by atoms with Gasteiger partial charge in [0, 0.05) is 17.4 Å². The number of nitrogens with zero attached hydrogens (tertiary/aromatic N) is 2. The molecule has 0 amide bonds. The van der Waals surface area contributed by atoms with Crippen molar-refractivity contribution in [2.24, 2.45) is 0 Å². The third kappa shape index (κ3) is 3.25. The Hall–Kier alpha value is -2.02. The fourth-order valence-corrected chi connectivity index (χ4v) is 2.34. The number of benzene rings is 1. The lowest BCUT2D eigenvalue weighted by Crippen LogP contribution is -2.00. The van der Waals surface area contributed by atoms with Crippen molar-refractivity contribution in [3.05, 3.63) is 35.6 Å². The number of rotatable bonds is 4. The van der Waals surface area contributed by atoms with Gasteiger partial charge in [0.25, 0.3) is 0 Å². The average Bonchev–Trinajstić information content (AvgIpc) is 2.36. The van der Waals surface area contributed by atoms with Crippen LogP contribution < -0.4 is 16.2 Å². The zero-order valence-corrected chi connectivity index (χ0v) is 11.1. The van der Waals surface area contributed by atoms with Crippen molar-refractivity contribution >= 4 is 23.4 Å². The maximum atomic E-state index is 13.9. The molecule has 0 unspecified atom stereocenters. The zero-order chi connectivity index (χ0) is 13.8. The van der Waals surface area contributed by atoms with Gasteiger partial charge in [0.05, 0.1) is 7.11 Å². The van der Waals surface area contributed by atoms with Crippen molar-refractivity contribution in [1.82, 2.24) is 9.97 Å². The van der Waals surface area contributed by atoms with E-state index in [0.29, 0.717) is 28.1 Å². The molecule has 7 heteroatoms. The summed E-state index contributed by atoms with van der Waals surface area (Å²) in [6.07, 6.45) is 0. The molecule has 0 aliphatic carbocycles. The van der Waals surface area contributed by atoms with Crippen LogP contribution in [0.5, 0.6) is 5.75 Å². The molecule has 100 valence electrons. The smallest absolute Gasteiger partial charge is 0.191 e. The van der Waals surface area contributed by atoms with Gasteiger partial charge in [-0.15, -0.1) is 0 Å². The van der Waals surface area contributed by atoms with E-state index in [-0.39, 0.29) is 11.6 Å². The molecule has 0 saturated carbocycles. The Balaban J connectivity index is 2.14. The predicted octanol–water partition coefficient (Wildman–Crippen LogP) is 2.08. The number of nitrogen functional groups attached to an aromatic ring is 2. The number of methoxy groups -OCH3 is 1. The van der Waals surface area contributed by atoms with E-state index in [1.807, 2.05) is 0 Å². The van der Waals surface area contributed by atoms with Crippen LogP contribution in [0.2, 0.25) is 0 Å². The Labute approximate surface area is 114 Å². The molecule has 1 aromatic carbocycles. The fraction of sp³-hybridized carbons (Fsp3) is 0.167. The van der Waals surface area contributed by atoms with Crippen LogP contribution in [0.25, 0.3) is 0 Å². The Morgan fingerprint density at radius 3 is 2.58 bits per heavy atom. The van der Waals surface area contributed by atoms with Crippen LogP contribution in [0.1, 0.15) is 5.56 Å². The van der Waals surface area contributed by atoms with E-state index < -0.39 is 0 Å². The van der Waals surface area contributed by atoms with Crippen molar-refractivity contribution in [2.75, 3.05) is 18.6 Å². The second-order valence-corrected chi connectivity index (χ2v) is 4.66. The maximum absolute atomic E-state index is 13.9. The Morgan fingerprint density at radius 2 is 1.95 bits per heavy atom. The maximum Gasteiger partial charge on any atom is 0.191 e. The highest BCUT2D eigenvalue weighted by Crippen LogP contribution is 2.26. The molecule has 1 heterocycles. The van der Waals surface area contributed by atoms with Crippen LogP contribution in [0, 0.1) is 5.82 Å². The number of hydrogen-bond acceptors (Lipinski definition) is 6. The molecule has 19 heavy (non-hydrogen) atoms. The number of halogens is 1. The van der Waals surface area contributed by atoms with E-state index in [1.165, 1.54) is 24.9 Å². The van der Waals surface area contributed by atoms with Gasteiger partial charge >= 0.3 is 0 Å². The van der Waals surface area contributed by atoms with Crippen molar-refractivity contribution in [3.63, 3.8) is 0 Å². The van der Waals surface area contributed by atoms with Crippen molar-refractivity contribution in [2.45, 2.75) is 10.9 Å². The van der Waals surface area contributed by atoms with Gasteiger partial charge in [-0.25, -0.2) is 14.4 Å². The third-order valence-corrected chi connectivity index (χ3v) is 3.26. The van der Waals surface area contributed by atoms with Crippen molar-refractivity contribution < 1.29 is 9.13 Å². The van der Waals surface area contributed by atoms with Gasteiger partial charge in [0.15, 0.2) is 16.7 Å². The first-order valence-electron chi connectivity index (χ1n) is 5.44. The molecule has 0 fully saturated rings. The normalized spacial score (nSPS) is 10.4. The molecule has 0 aliphatic rings. The molecule has 1 aromatic heterocycles. The van der Waals surface area contributed by atoms with Gasteiger partial charge in [-0.1, -0.05) is 23.9 Å². The summed E-state index contributed by atoms with van der Waals surface area (Å²) in [5, 5.41) is 0.416. The summed E-state index contributed by atoms with van der Waals surface area (Å²) in [6.45, 7) is 0. The first-order chi connectivity index (χ1) is 9.10. The third-order valence-electron chi connectivity index (χ3n) is 2.37. The molecular formula is C12H13FN4OS. The summed E-state index contributed by atoms with van der Waals surface area (Å²) in [4.78, 5) is 8.03. The molecule has 0 bridgehead atoms. The number of hydrogen-bond donors (Lipinski definition) is 2. The summed E-state index contributed by atoms with van der Waals surface area (Å²) in [7, 11) is 1.43. The van der Waals surface area contributed by atoms with E-state index in [2.05, 4.69) is 9.97 Å². The highest BCUT2D eigenvalue weighted by atomic mass is 32.2. The minimum absolute atomic E-state index is 0.214. The van der Waals surface area contributed by atoms with Gasteiger partial charge in [0.2, 0.25) is 0 Å². The predicted molar refractivity (Wildman–Crippen MR) is 73.4 cm³/mol. The van der Waals surface area contributed by atoms with E-state index in [9.17, 15) is 4.39 Å². The zero-order valence-electron chi connectivity index (χ0n) is 10.3. The lowest BCUT2D eigenvalue weighted by molar-refractivity contribution is 0.385. The number of thioether (sulfide) groups is 1. The van der Waals surface area contributed by atoms with Gasteiger partial charge < -0.3 is 16.2 Å². The van der Waals surface area contributed by atoms with Gasteiger partial charge in [0.1, 0.15) is 11.6 Å². The molecule has 0 radical (unpaired) electrons. The number of nitrogens with two attached hydrogens (primary N) is 2. The van der Waals surface area contributed by atoms with Gasteiger partial charge in [-0.05, 0) is 6.07 Å². The van der Waals surface area contributed by atoms with E-state index >= 15 is 0 Å². The van der Waals surface area contributed by atoms with Crippen LogP contribution >= 0.6 is 11.8 Å². The number of anilines is 2. The summed E-state index contributed by atoms with van der Waals surface area (Å²) in [5.41, 5.74) is 11.6. The van der Waals surface area contributed by atoms with Crippen LogP contribution in [0.4, 0.5) is 16.0 Å². The van der Waals surface area contributed by atoms with Gasteiger partial charge in [-0.3, -0.25) is 0 Å². The summed E-state index contributed by atoms with van der Waals surface area (Å²) in [5.74, 6) is 0.786. The second kappa shape index (κ2) is 5.75. The molecule has 0 saturated heterocycles. The lowest BCUT2D eigenvalue weighted by Gasteiger charge is -2.07. The van der Waals surface area contributed by atoms with Crippen LogP contribution in [-0.4, -0.2) is 17.1 Å². The van der Waals surface area contributed by atoms with Crippen molar-refractivity contribution in [1.29, 1.82) is 0 Å². The van der Waals surface area contributed by atoms with Crippen LogP contribution in [0.15, 0.2) is 29.4 Å². The first kappa shape index (κ1) is 13.4. The SMILES string of the molecule is COc1cccc(CSc2nc(N)cc(N)n2)c1F. The minimum atomic E-state index is -0.380. The highest BCUT2D eigenvalue weighted by Gasteiger charge is 2.10. The Morgan fingerprint density at radius 1 is 1.26 bits per heavy atom. The topological polar surface area (TPSA) is 87.0 Å². The quantitative estimate of drug-likeness (QED) is 0.658. The molecule has 2 aromatic rings. The van der Waals surface area contributed by atoms with Crippen LogP contribution in [-0.2, 0) is 5.75 Å². The van der Waals surface area contributed by atoms with E-state index in [0.717, 1.165) is 0 Å². The fourth-order valence-electron chi connectivity index (χ4n) is 1.49. The molecule has 2 rings (SSSR count). The highest BCUT2D eigenvalue weighted by molar-refractivity contribution is 7.98. The van der Waals surface area contributed by atoms with E-state index in [1.54, 1.807) is 18.2 Å². The summed E-state index contributed by atoms with van der Waals surface area (Å²) >= 11 is 1.26. The first-order valence-corrected chi connectivity index (χ1v) is 6.43. The molecule has 0 spiro atoms. The summed E-state index contributed by atoms with van der Waals surface area (Å²) < 4.78 is 18.8. The molecule has 4 N–H and O–H groups in total. The second-order valence-electron chi connectivity index (χ2n) is 3.72. The van der Waals surface area contributed by atoms with Crippen molar-refractivity contribution in [3.8, 4) is 5.75 Å².